The van der Waals surface area contributed by atoms with Gasteiger partial charge in [-0.25, -0.2) is 4.79 Å². The molecule has 0 aromatic rings. The molecule has 0 saturated carbocycles. The van der Waals surface area contributed by atoms with Crippen molar-refractivity contribution in [3.63, 3.8) is 0 Å². The molecule has 1 amide bonds. The lowest BCUT2D eigenvalue weighted by molar-refractivity contribution is 0.0997. The van der Waals surface area contributed by atoms with Gasteiger partial charge in [0.25, 0.3) is 0 Å². The highest BCUT2D eigenvalue weighted by Crippen LogP contribution is 2.05. The lowest BCUT2D eigenvalue weighted by Crippen LogP contribution is -2.42. The molecule has 1 aliphatic heterocycles. The second-order valence-corrected chi connectivity index (χ2v) is 1.89. The normalized spacial score (nSPS) is 16.8. The van der Waals surface area contributed by atoms with Crippen LogP contribution in [-0.2, 0) is 4.74 Å². The molecule has 0 atom stereocenters. The van der Waals surface area contributed by atoms with Crippen molar-refractivity contribution < 1.29 is 9.53 Å². The average Bonchev–Trinajstić information content (AvgIpc) is 1.60. The van der Waals surface area contributed by atoms with E-state index < -0.39 is 0 Å². The third kappa shape index (κ3) is 1.34. The summed E-state index contributed by atoms with van der Waals surface area (Å²) in [4.78, 5) is 12.4. The Labute approximate surface area is 54.6 Å². The van der Waals surface area contributed by atoms with Crippen molar-refractivity contribution in [2.45, 2.75) is 6.92 Å². The molecule has 0 aromatic heterocycles. The van der Waals surface area contributed by atoms with Crippen LogP contribution in [-0.4, -0.2) is 30.7 Å². The van der Waals surface area contributed by atoms with Crippen LogP contribution in [0, 0.1) is 6.42 Å². The quantitative estimate of drug-likeness (QED) is 0.519. The van der Waals surface area contributed by atoms with Crippen LogP contribution in [0.5, 0.6) is 0 Å². The van der Waals surface area contributed by atoms with Crippen molar-refractivity contribution in [1.29, 1.82) is 0 Å². The van der Waals surface area contributed by atoms with E-state index >= 15 is 0 Å². The first-order valence-electron chi connectivity index (χ1n) is 3.08. The first kappa shape index (κ1) is 6.39. The van der Waals surface area contributed by atoms with E-state index in [4.69, 9.17) is 4.74 Å². The number of hydrogen-bond donors (Lipinski definition) is 0. The average molecular weight is 128 g/mol. The van der Waals surface area contributed by atoms with E-state index in [1.807, 2.05) is 6.42 Å². The second-order valence-electron chi connectivity index (χ2n) is 1.89. The number of nitrogens with zero attached hydrogens (tertiary/aromatic N) is 1. The minimum Gasteiger partial charge on any atom is -0.450 e. The number of likely N-dealkylation sites (tertiary alicyclic amines) is 1. The maximum Gasteiger partial charge on any atom is 0.409 e. The van der Waals surface area contributed by atoms with Crippen LogP contribution in [0.15, 0.2) is 0 Å². The highest BCUT2D eigenvalue weighted by Gasteiger charge is 2.20. The van der Waals surface area contributed by atoms with E-state index in [9.17, 15) is 4.79 Å². The standard InChI is InChI=1S/C6H10NO2/c1-2-9-6(8)7-4-3-5-7/h3H,2,4-5H2,1H3. The summed E-state index contributed by atoms with van der Waals surface area (Å²) in [6, 6.07) is 0. The zero-order chi connectivity index (χ0) is 6.69. The molecule has 1 heterocycles. The Kier molecular flexibility index (Phi) is 1.92. The number of hydrogen-bond acceptors (Lipinski definition) is 2. The van der Waals surface area contributed by atoms with Crippen molar-refractivity contribution in [3.8, 4) is 0 Å². The fourth-order valence-corrected chi connectivity index (χ4v) is 0.622. The number of rotatable bonds is 1. The minimum atomic E-state index is -0.194. The predicted octanol–water partition coefficient (Wildman–Crippen LogP) is 0.663. The first-order chi connectivity index (χ1) is 4.34. The van der Waals surface area contributed by atoms with Gasteiger partial charge < -0.3 is 9.64 Å². The summed E-state index contributed by atoms with van der Waals surface area (Å²) in [5.74, 6) is 0. The Morgan fingerprint density at radius 1 is 1.78 bits per heavy atom. The van der Waals surface area contributed by atoms with Gasteiger partial charge in [0.15, 0.2) is 0 Å². The highest BCUT2D eigenvalue weighted by molar-refractivity contribution is 5.69. The van der Waals surface area contributed by atoms with E-state index in [1.54, 1.807) is 11.8 Å². The molecule has 0 unspecified atom stereocenters. The monoisotopic (exact) mass is 128 g/mol. The molecule has 1 rings (SSSR count). The van der Waals surface area contributed by atoms with Crippen molar-refractivity contribution in [3.05, 3.63) is 6.42 Å². The summed E-state index contributed by atoms with van der Waals surface area (Å²) >= 11 is 0. The third-order valence-electron chi connectivity index (χ3n) is 1.22. The molecule has 3 heteroatoms. The molecule has 0 N–H and O–H groups in total. The molecule has 9 heavy (non-hydrogen) atoms. The molecule has 0 bridgehead atoms. The van der Waals surface area contributed by atoms with Crippen LogP contribution in [0.3, 0.4) is 0 Å². The molecule has 51 valence electrons. The maximum atomic E-state index is 10.7. The first-order valence-corrected chi connectivity index (χ1v) is 3.08. The molecule has 1 fully saturated rings. The van der Waals surface area contributed by atoms with Crippen molar-refractivity contribution in [1.82, 2.24) is 4.90 Å². The van der Waals surface area contributed by atoms with E-state index in [0.717, 1.165) is 13.1 Å². The molecule has 1 aliphatic rings. The third-order valence-corrected chi connectivity index (χ3v) is 1.22. The van der Waals surface area contributed by atoms with Gasteiger partial charge in [0.2, 0.25) is 0 Å². The van der Waals surface area contributed by atoms with Crippen molar-refractivity contribution in [2.24, 2.45) is 0 Å². The van der Waals surface area contributed by atoms with Gasteiger partial charge in [0.05, 0.1) is 6.61 Å². The van der Waals surface area contributed by atoms with Gasteiger partial charge in [-0.05, 0) is 6.92 Å². The Morgan fingerprint density at radius 2 is 2.44 bits per heavy atom. The lowest BCUT2D eigenvalue weighted by Gasteiger charge is -2.28. The van der Waals surface area contributed by atoms with Gasteiger partial charge >= 0.3 is 6.09 Å². The minimum absolute atomic E-state index is 0.194. The molecular weight excluding hydrogens is 118 g/mol. The smallest absolute Gasteiger partial charge is 0.409 e. The van der Waals surface area contributed by atoms with Crippen molar-refractivity contribution in [2.75, 3.05) is 19.7 Å². The van der Waals surface area contributed by atoms with Gasteiger partial charge in [-0.1, -0.05) is 0 Å². The summed E-state index contributed by atoms with van der Waals surface area (Å²) in [5, 5.41) is 0. The zero-order valence-corrected chi connectivity index (χ0v) is 5.46. The lowest BCUT2D eigenvalue weighted by atomic mass is 10.2. The summed E-state index contributed by atoms with van der Waals surface area (Å²) in [6.45, 7) is 3.77. The Balaban J connectivity index is 2.16. The zero-order valence-electron chi connectivity index (χ0n) is 5.46. The summed E-state index contributed by atoms with van der Waals surface area (Å²) in [5.41, 5.74) is 0. The number of carbonyl (C=O) groups is 1. The van der Waals surface area contributed by atoms with E-state index in [2.05, 4.69) is 0 Å². The molecule has 3 nitrogen and oxygen atoms in total. The molecule has 0 aromatic carbocycles. The van der Waals surface area contributed by atoms with Crippen LogP contribution in [0.2, 0.25) is 0 Å². The van der Waals surface area contributed by atoms with Gasteiger partial charge in [0, 0.05) is 19.5 Å². The maximum absolute atomic E-state index is 10.7. The van der Waals surface area contributed by atoms with Crippen LogP contribution < -0.4 is 0 Å². The Hall–Kier alpha value is -0.730. The van der Waals surface area contributed by atoms with Gasteiger partial charge in [-0.15, -0.1) is 0 Å². The van der Waals surface area contributed by atoms with Crippen LogP contribution >= 0.6 is 0 Å². The fraction of sp³-hybridized carbons (Fsp3) is 0.667. The van der Waals surface area contributed by atoms with Crippen LogP contribution in [0.1, 0.15) is 6.92 Å². The van der Waals surface area contributed by atoms with Gasteiger partial charge in [-0.2, -0.15) is 0 Å². The van der Waals surface area contributed by atoms with E-state index in [0.29, 0.717) is 6.61 Å². The van der Waals surface area contributed by atoms with Crippen molar-refractivity contribution >= 4 is 6.09 Å². The van der Waals surface area contributed by atoms with Crippen LogP contribution in [0.25, 0.3) is 0 Å². The summed E-state index contributed by atoms with van der Waals surface area (Å²) in [7, 11) is 0. The van der Waals surface area contributed by atoms with Crippen LogP contribution in [0.4, 0.5) is 4.79 Å². The Bertz CT molecular complexity index is 110. The predicted molar refractivity (Wildman–Crippen MR) is 32.9 cm³/mol. The number of ether oxygens (including phenoxy) is 1. The topological polar surface area (TPSA) is 29.5 Å². The van der Waals surface area contributed by atoms with Gasteiger partial charge in [0.1, 0.15) is 0 Å². The number of amides is 1. The summed E-state index contributed by atoms with van der Waals surface area (Å²) < 4.78 is 4.71. The largest absolute Gasteiger partial charge is 0.450 e. The highest BCUT2D eigenvalue weighted by atomic mass is 16.6. The summed E-state index contributed by atoms with van der Waals surface area (Å²) in [6.07, 6.45) is 1.83. The molecule has 1 saturated heterocycles. The molecule has 0 aliphatic carbocycles. The molecule has 0 spiro atoms. The second kappa shape index (κ2) is 2.71. The molecular formula is C6H10NO2. The van der Waals surface area contributed by atoms with E-state index in [-0.39, 0.29) is 6.09 Å². The fourth-order valence-electron chi connectivity index (χ4n) is 0.622. The van der Waals surface area contributed by atoms with Gasteiger partial charge in [-0.3, -0.25) is 0 Å². The Morgan fingerprint density at radius 3 is 2.78 bits per heavy atom. The molecule has 1 radical (unpaired) electrons. The number of carbonyl (C=O) groups excluding carboxylic acids is 1. The SMILES string of the molecule is CCOC(=O)N1C[CH]C1. The van der Waals surface area contributed by atoms with E-state index in [1.165, 1.54) is 0 Å².